The summed E-state index contributed by atoms with van der Waals surface area (Å²) in [6.45, 7) is 0. The Hall–Kier alpha value is 0.690. The summed E-state index contributed by atoms with van der Waals surface area (Å²) in [5, 5.41) is 0. The van der Waals surface area contributed by atoms with Gasteiger partial charge in [0.25, 0.3) is 12.5 Å². The molecule has 0 unspecified atom stereocenters. The summed E-state index contributed by atoms with van der Waals surface area (Å²) >= 11 is -1.25. The topological polar surface area (TPSA) is 0 Å². The van der Waals surface area contributed by atoms with Gasteiger partial charge in [-0.25, -0.2) is 0 Å². The number of rotatable bonds is 0. The molecule has 0 aromatic rings. The van der Waals surface area contributed by atoms with Crippen LogP contribution in [0.25, 0.3) is 0 Å². The molecule has 0 saturated carbocycles. The molecule has 0 radical (unpaired) electrons. The van der Waals surface area contributed by atoms with Gasteiger partial charge < -0.3 is 0 Å². The fourth-order valence-electron chi connectivity index (χ4n) is 0. The van der Waals surface area contributed by atoms with Crippen LogP contribution in [-0.4, -0.2) is 0 Å². The van der Waals surface area contributed by atoms with E-state index in [1.165, 1.54) is 0 Å². The molecular weight excluding hydrogens is 150 g/mol. The zero-order chi connectivity index (χ0) is 2.71. The summed E-state index contributed by atoms with van der Waals surface area (Å²) in [5.74, 6) is 0. The van der Waals surface area contributed by atoms with Crippen molar-refractivity contribution < 1.29 is 7.77 Å². The minimum Gasteiger partial charge on any atom is -0.127 e. The van der Waals surface area contributed by atoms with Crippen LogP contribution in [0, 0.1) is 0 Å². The Balaban J connectivity index is 0. The fourth-order valence-corrected chi connectivity index (χ4v) is 0. The zero-order valence-electron chi connectivity index (χ0n) is 1.57. The Morgan fingerprint density at radius 1 is 1.25 bits per heavy atom. The van der Waals surface area contributed by atoms with Crippen LogP contribution in [-0.2, 0) is 0 Å². The van der Waals surface area contributed by atoms with E-state index in [0.29, 0.717) is 0 Å². The van der Waals surface area contributed by atoms with E-state index in [4.69, 9.17) is 0 Å². The molecule has 0 bridgehead atoms. The molecule has 4 heteroatoms. The zero-order valence-corrected chi connectivity index (χ0v) is 4.10. The lowest BCUT2D eigenvalue weighted by molar-refractivity contribution is 0.814. The summed E-state index contributed by atoms with van der Waals surface area (Å²) in [4.78, 5) is 0. The summed E-state index contributed by atoms with van der Waals surface area (Å²) in [6, 6.07) is 0. The van der Waals surface area contributed by atoms with Crippen molar-refractivity contribution in [1.82, 2.24) is 0 Å². The molecule has 0 amide bonds. The molecule has 0 atom stereocenters. The summed E-state index contributed by atoms with van der Waals surface area (Å²) in [6.07, 6.45) is 0. The molecule has 0 saturated heterocycles. The maximum absolute atomic E-state index is 9.54. The van der Waals surface area contributed by atoms with E-state index >= 15 is 0 Å². The van der Waals surface area contributed by atoms with Gasteiger partial charge in [-0.2, -0.15) is 0 Å². The minimum absolute atomic E-state index is 0. The normalized spacial score (nSPS) is 4.50. The van der Waals surface area contributed by atoms with Crippen molar-refractivity contribution in [2.24, 2.45) is 0 Å². The van der Waals surface area contributed by atoms with E-state index < -0.39 is 12.5 Å². The lowest BCUT2D eigenvalue weighted by atomic mass is 18.8. The molecule has 4 heavy (non-hydrogen) atoms. The van der Waals surface area contributed by atoms with Crippen molar-refractivity contribution in [2.45, 2.75) is 0 Å². The summed E-state index contributed by atoms with van der Waals surface area (Å²) in [5.41, 5.74) is 0. The predicted molar refractivity (Wildman–Crippen MR) is 20.1 cm³/mol. The first-order valence-electron chi connectivity index (χ1n) is 0.309. The highest BCUT2D eigenvalue weighted by atomic mass is 79.9. The summed E-state index contributed by atoms with van der Waals surface area (Å²) in [7, 11) is 0. The van der Waals surface area contributed by atoms with Crippen LogP contribution in [0.2, 0.25) is 0 Å². The molecule has 0 rings (SSSR count). The molecular formula is HBrF2S. The van der Waals surface area contributed by atoms with Gasteiger partial charge in [0, 0.05) is 0 Å². The highest BCUT2D eigenvalue weighted by Gasteiger charge is 1.49. The Bertz CT molecular complexity index is 6.00. The van der Waals surface area contributed by atoms with Gasteiger partial charge in [-0.1, -0.05) is 0 Å². The minimum atomic E-state index is -1.25. The second kappa shape index (κ2) is 9.35. The van der Waals surface area contributed by atoms with Crippen LogP contribution in [0.4, 0.5) is 7.77 Å². The van der Waals surface area contributed by atoms with Crippen molar-refractivity contribution in [3.8, 4) is 0 Å². The third kappa shape index (κ3) is 16.1. The fraction of sp³-hybridized carbons (Fsp3) is 0. The largest absolute Gasteiger partial charge is 0.255 e. The van der Waals surface area contributed by atoms with E-state index in [9.17, 15) is 7.77 Å². The first-order valence-corrected chi connectivity index (χ1v) is 0.926. The van der Waals surface area contributed by atoms with Crippen LogP contribution < -0.4 is 0 Å². The highest BCUT2D eigenvalue weighted by molar-refractivity contribution is 8.93. The lowest BCUT2D eigenvalue weighted by Crippen LogP contribution is -0.884. The van der Waals surface area contributed by atoms with Gasteiger partial charge in [0.1, 0.15) is 0 Å². The second-order valence-electron chi connectivity index (χ2n) is 0.0583. The number of hydrogen-bond donors (Lipinski definition) is 0. The van der Waals surface area contributed by atoms with Crippen molar-refractivity contribution in [3.05, 3.63) is 0 Å². The Morgan fingerprint density at radius 2 is 1.25 bits per heavy atom. The molecule has 0 nitrogen and oxygen atoms in total. The molecule has 28 valence electrons. The Kier molecular flexibility index (Phi) is 20.6. The van der Waals surface area contributed by atoms with Crippen molar-refractivity contribution in [3.63, 3.8) is 0 Å². The Morgan fingerprint density at radius 3 is 1.25 bits per heavy atom. The molecule has 0 fully saturated rings. The van der Waals surface area contributed by atoms with Crippen LogP contribution in [0.15, 0.2) is 0 Å². The van der Waals surface area contributed by atoms with Gasteiger partial charge in [-0.3, -0.25) is 0 Å². The quantitative estimate of drug-likeness (QED) is 0.510. The van der Waals surface area contributed by atoms with E-state index in [-0.39, 0.29) is 17.0 Å². The molecule has 0 aromatic heterocycles. The van der Waals surface area contributed by atoms with Gasteiger partial charge in [0.15, 0.2) is 0 Å². The third-order valence-corrected chi connectivity index (χ3v) is 0. The van der Waals surface area contributed by atoms with E-state index in [1.807, 2.05) is 0 Å². The van der Waals surface area contributed by atoms with Crippen LogP contribution in [0.5, 0.6) is 0 Å². The van der Waals surface area contributed by atoms with E-state index in [1.54, 1.807) is 0 Å². The van der Waals surface area contributed by atoms with Gasteiger partial charge in [0.2, 0.25) is 0 Å². The third-order valence-electron chi connectivity index (χ3n) is 0. The van der Waals surface area contributed by atoms with Crippen LogP contribution >= 0.6 is 29.5 Å². The molecule has 0 N–H and O–H groups in total. The molecule has 0 aliphatic rings. The van der Waals surface area contributed by atoms with Crippen molar-refractivity contribution in [1.29, 1.82) is 0 Å². The average molecular weight is 151 g/mol. The van der Waals surface area contributed by atoms with E-state index in [0.717, 1.165) is 0 Å². The summed E-state index contributed by atoms with van der Waals surface area (Å²) < 4.78 is 19.1. The molecule has 0 aliphatic carbocycles. The molecule has 0 heterocycles. The van der Waals surface area contributed by atoms with Crippen molar-refractivity contribution >= 4 is 29.5 Å². The first-order chi connectivity index (χ1) is 1.41. The van der Waals surface area contributed by atoms with E-state index in [2.05, 4.69) is 0 Å². The smallest absolute Gasteiger partial charge is 0.127 e. The van der Waals surface area contributed by atoms with Gasteiger partial charge in [0.05, 0.1) is 0 Å². The molecule has 0 aromatic carbocycles. The molecule has 0 spiro atoms. The average Bonchev–Trinajstić information content (AvgIpc) is 0.918. The maximum Gasteiger partial charge on any atom is 0.255 e. The monoisotopic (exact) mass is 150 g/mol. The SMILES string of the molecule is Br.FSF. The van der Waals surface area contributed by atoms with Gasteiger partial charge in [-0.05, 0) is 0 Å². The Labute approximate surface area is 37.9 Å². The maximum atomic E-state index is 9.54. The second-order valence-corrected chi connectivity index (χ2v) is 0.175. The highest BCUT2D eigenvalue weighted by Crippen LogP contribution is 1.95. The van der Waals surface area contributed by atoms with Gasteiger partial charge >= 0.3 is 0 Å². The number of halogens is 3. The first kappa shape index (κ1) is 8.83. The number of hydrogen-bond acceptors (Lipinski definition) is 1. The van der Waals surface area contributed by atoms with Crippen molar-refractivity contribution in [2.75, 3.05) is 0 Å². The van der Waals surface area contributed by atoms with Crippen LogP contribution in [0.3, 0.4) is 0 Å². The van der Waals surface area contributed by atoms with Crippen LogP contribution in [0.1, 0.15) is 0 Å². The predicted octanol–water partition coefficient (Wildman–Crippen LogP) is 2.07. The van der Waals surface area contributed by atoms with Gasteiger partial charge in [-0.15, -0.1) is 24.8 Å². The lowest BCUT2D eigenvalue weighted by Gasteiger charge is -1.36. The molecule has 0 aliphatic heterocycles. The standard InChI is InChI=1S/BrH.F2S/c;1-3-2/h1H;.